The van der Waals surface area contributed by atoms with Gasteiger partial charge < -0.3 is 20.7 Å². The van der Waals surface area contributed by atoms with Gasteiger partial charge in [-0.05, 0) is 31.4 Å². The van der Waals surface area contributed by atoms with Crippen molar-refractivity contribution in [3.8, 4) is 0 Å². The lowest BCUT2D eigenvalue weighted by Gasteiger charge is -2.24. The van der Waals surface area contributed by atoms with Crippen LogP contribution in [0.3, 0.4) is 0 Å². The van der Waals surface area contributed by atoms with Crippen molar-refractivity contribution in [3.05, 3.63) is 5.28 Å². The Morgan fingerprint density at radius 3 is 2.38 bits per heavy atom. The maximum Gasteiger partial charge on any atom is 0.225 e. The monoisotopic (exact) mass is 401 g/mol. The molecular weight excluding hydrogens is 370 g/mol. The molecular formula is C18H32ClN5OS. The molecule has 6 nitrogen and oxygen atoms in total. The molecule has 0 aromatic carbocycles. The first-order chi connectivity index (χ1) is 12.7. The summed E-state index contributed by atoms with van der Waals surface area (Å²) in [5, 5.41) is 11.7. The molecule has 0 spiro atoms. The van der Waals surface area contributed by atoms with Crippen LogP contribution in [-0.2, 0) is 4.74 Å². The van der Waals surface area contributed by atoms with E-state index in [9.17, 15) is 0 Å². The molecule has 1 aromatic rings. The fraction of sp³-hybridized carbons (Fsp3) is 0.778. The Bertz CT molecular complexity index is 527. The normalized spacial score (nSPS) is 22.1. The summed E-state index contributed by atoms with van der Waals surface area (Å²) in [6.07, 6.45) is 6.40. The third-order valence-corrected chi connectivity index (χ3v) is 5.44. The van der Waals surface area contributed by atoms with E-state index in [2.05, 4.69) is 32.8 Å². The van der Waals surface area contributed by atoms with E-state index in [0.29, 0.717) is 16.7 Å². The number of fused-ring (bicyclic) bond motifs is 1. The molecule has 1 saturated heterocycles. The lowest BCUT2D eigenvalue weighted by molar-refractivity contribution is 0.109. The minimum atomic E-state index is 0.329. The van der Waals surface area contributed by atoms with Crippen molar-refractivity contribution in [2.75, 3.05) is 36.9 Å². The number of rotatable bonds is 2. The Morgan fingerprint density at radius 1 is 1.12 bits per heavy atom. The van der Waals surface area contributed by atoms with E-state index in [1.54, 1.807) is 11.8 Å². The van der Waals surface area contributed by atoms with Crippen LogP contribution in [0.1, 0.15) is 52.9 Å². The lowest BCUT2D eigenvalue weighted by Crippen LogP contribution is -2.30. The van der Waals surface area contributed by atoms with E-state index in [-0.39, 0.29) is 0 Å². The number of morpholine rings is 1. The van der Waals surface area contributed by atoms with Crippen LogP contribution in [0, 0.1) is 0 Å². The van der Waals surface area contributed by atoms with Crippen molar-refractivity contribution in [1.82, 2.24) is 15.3 Å². The summed E-state index contributed by atoms with van der Waals surface area (Å²) in [6.45, 7) is 9.95. The van der Waals surface area contributed by atoms with Gasteiger partial charge >= 0.3 is 0 Å². The molecule has 26 heavy (non-hydrogen) atoms. The van der Waals surface area contributed by atoms with Crippen molar-refractivity contribution in [2.24, 2.45) is 0 Å². The quantitative estimate of drug-likeness (QED) is 0.502. The van der Waals surface area contributed by atoms with Crippen molar-refractivity contribution in [1.29, 1.82) is 0 Å². The van der Waals surface area contributed by atoms with Gasteiger partial charge in [-0.3, -0.25) is 0 Å². The molecule has 3 N–H and O–H groups in total. The summed E-state index contributed by atoms with van der Waals surface area (Å²) >= 11 is 7.69. The summed E-state index contributed by atoms with van der Waals surface area (Å²) < 4.78 is 5.01. The van der Waals surface area contributed by atoms with Crippen LogP contribution in [0.5, 0.6) is 0 Å². The van der Waals surface area contributed by atoms with Crippen LogP contribution in [0.4, 0.5) is 11.5 Å². The van der Waals surface area contributed by atoms with E-state index in [4.69, 9.17) is 16.3 Å². The van der Waals surface area contributed by atoms with Crippen LogP contribution in [0.25, 0.3) is 0 Å². The van der Waals surface area contributed by atoms with Crippen LogP contribution in [-0.4, -0.2) is 47.7 Å². The lowest BCUT2D eigenvalue weighted by atomic mass is 9.95. The number of thioether (sulfide) groups is 1. The summed E-state index contributed by atoms with van der Waals surface area (Å²) in [7, 11) is 0. The smallest absolute Gasteiger partial charge is 0.225 e. The Labute approximate surface area is 166 Å². The number of nitrogens with one attached hydrogen (secondary N) is 3. The molecule has 2 aliphatic heterocycles. The first kappa shape index (κ1) is 21.5. The molecule has 1 unspecified atom stereocenters. The van der Waals surface area contributed by atoms with E-state index in [0.717, 1.165) is 42.8 Å². The average Bonchev–Trinajstić information content (AvgIpc) is 3.06. The number of aromatic nitrogens is 2. The minimum Gasteiger partial charge on any atom is -0.379 e. The second-order valence-corrected chi connectivity index (χ2v) is 7.94. The molecule has 0 bridgehead atoms. The van der Waals surface area contributed by atoms with Gasteiger partial charge in [0.1, 0.15) is 10.7 Å². The predicted octanol–water partition coefficient (Wildman–Crippen LogP) is 4.37. The van der Waals surface area contributed by atoms with Crippen molar-refractivity contribution < 1.29 is 4.74 Å². The highest BCUT2D eigenvalue weighted by Gasteiger charge is 2.25. The third kappa shape index (κ3) is 6.76. The Kier molecular flexibility index (Phi) is 9.82. The topological polar surface area (TPSA) is 71.1 Å². The molecule has 1 atom stereocenters. The number of halogens is 1. The van der Waals surface area contributed by atoms with Crippen LogP contribution in [0.2, 0.25) is 5.28 Å². The molecule has 148 valence electrons. The van der Waals surface area contributed by atoms with Crippen LogP contribution >= 0.6 is 23.4 Å². The Balaban J connectivity index is 0.000000256. The van der Waals surface area contributed by atoms with Gasteiger partial charge in [0, 0.05) is 19.1 Å². The first-order valence-electron chi connectivity index (χ1n) is 9.78. The zero-order chi connectivity index (χ0) is 18.8. The summed E-state index contributed by atoms with van der Waals surface area (Å²) in [5.74, 6) is 0.869. The van der Waals surface area contributed by atoms with Crippen molar-refractivity contribution in [3.63, 3.8) is 0 Å². The molecule has 4 rings (SSSR count). The number of nitrogens with zero attached hydrogens (tertiary/aromatic N) is 2. The van der Waals surface area contributed by atoms with Gasteiger partial charge in [-0.1, -0.05) is 44.9 Å². The summed E-state index contributed by atoms with van der Waals surface area (Å²) in [4.78, 5) is 8.61. The molecule has 0 amide bonds. The van der Waals surface area contributed by atoms with Gasteiger partial charge in [0.05, 0.1) is 18.6 Å². The molecule has 1 saturated carbocycles. The Morgan fingerprint density at radius 2 is 1.81 bits per heavy atom. The second kappa shape index (κ2) is 11.8. The molecule has 8 heteroatoms. The second-order valence-electron chi connectivity index (χ2n) is 6.27. The zero-order valence-electron chi connectivity index (χ0n) is 16.1. The Hall–Kier alpha value is -0.760. The number of anilines is 2. The third-order valence-electron chi connectivity index (χ3n) is 4.28. The fourth-order valence-electron chi connectivity index (χ4n) is 3.09. The molecule has 1 aromatic heterocycles. The first-order valence-corrected chi connectivity index (χ1v) is 11.0. The SMILES string of the molecule is C1COCCN1.CC.CC1Nc2c(NC3CCCCC3)nc(Cl)nc2S1. The maximum absolute atomic E-state index is 5.99. The number of hydrogen-bond donors (Lipinski definition) is 3. The van der Waals surface area contributed by atoms with Gasteiger partial charge in [0.2, 0.25) is 5.28 Å². The van der Waals surface area contributed by atoms with Gasteiger partial charge in [-0.15, -0.1) is 0 Å². The number of ether oxygens (including phenoxy) is 1. The summed E-state index contributed by atoms with van der Waals surface area (Å²) in [5.41, 5.74) is 1.02. The minimum absolute atomic E-state index is 0.329. The summed E-state index contributed by atoms with van der Waals surface area (Å²) in [6, 6.07) is 0.525. The number of hydrogen-bond acceptors (Lipinski definition) is 7. The maximum atomic E-state index is 5.99. The van der Waals surface area contributed by atoms with Crippen molar-refractivity contribution in [2.45, 2.75) is 69.3 Å². The van der Waals surface area contributed by atoms with Crippen LogP contribution < -0.4 is 16.0 Å². The predicted molar refractivity (Wildman–Crippen MR) is 112 cm³/mol. The largest absolute Gasteiger partial charge is 0.379 e. The van der Waals surface area contributed by atoms with E-state index >= 15 is 0 Å². The van der Waals surface area contributed by atoms with Crippen molar-refractivity contribution >= 4 is 34.9 Å². The van der Waals surface area contributed by atoms with Gasteiger partial charge in [0.25, 0.3) is 0 Å². The molecule has 2 fully saturated rings. The average molecular weight is 402 g/mol. The molecule has 3 aliphatic rings. The fourth-order valence-corrected chi connectivity index (χ4v) is 4.23. The van der Waals surface area contributed by atoms with Gasteiger partial charge in [0.15, 0.2) is 5.82 Å². The molecule has 1 aliphatic carbocycles. The van der Waals surface area contributed by atoms with E-state index < -0.39 is 0 Å². The standard InChI is InChI=1S/C12H17ClN4S.C4H9NO.C2H6/c1-7-14-9-10(15-8-5-3-2-4-6-8)16-12(13)17-11(9)18-7;1-3-6-4-2-5-1;1-2/h7-8,14H,2-6H2,1H3,(H,15,16,17);5H,1-4H2;1-2H3. The zero-order valence-corrected chi connectivity index (χ0v) is 17.7. The van der Waals surface area contributed by atoms with E-state index in [1.807, 2.05) is 13.8 Å². The van der Waals surface area contributed by atoms with Gasteiger partial charge in [-0.2, -0.15) is 4.98 Å². The molecule has 0 radical (unpaired) electrons. The highest BCUT2D eigenvalue weighted by atomic mass is 35.5. The molecule has 3 heterocycles. The van der Waals surface area contributed by atoms with Crippen LogP contribution in [0.15, 0.2) is 5.03 Å². The van der Waals surface area contributed by atoms with E-state index in [1.165, 1.54) is 32.1 Å². The highest BCUT2D eigenvalue weighted by Crippen LogP contribution is 2.41. The van der Waals surface area contributed by atoms with Gasteiger partial charge in [-0.25, -0.2) is 4.98 Å². The highest BCUT2D eigenvalue weighted by molar-refractivity contribution is 8.00.